The van der Waals surface area contributed by atoms with E-state index in [1.165, 1.54) is 12.1 Å². The maximum absolute atomic E-state index is 13.3. The van der Waals surface area contributed by atoms with E-state index in [0.29, 0.717) is 42.7 Å². The van der Waals surface area contributed by atoms with Gasteiger partial charge in [0.05, 0.1) is 23.2 Å². The number of ether oxygens (including phenoxy) is 1. The second kappa shape index (κ2) is 8.16. The van der Waals surface area contributed by atoms with E-state index >= 15 is 0 Å². The summed E-state index contributed by atoms with van der Waals surface area (Å²) < 4.78 is 52.0. The quantitative estimate of drug-likeness (QED) is 0.597. The fourth-order valence-electron chi connectivity index (χ4n) is 5.64. The molecule has 1 aromatic carbocycles. The molecule has 8 nitrogen and oxygen atoms in total. The molecule has 6 rings (SSSR count). The van der Waals surface area contributed by atoms with Crippen molar-refractivity contribution in [2.75, 3.05) is 38.2 Å². The van der Waals surface area contributed by atoms with Crippen molar-refractivity contribution in [1.29, 1.82) is 0 Å². The molecule has 3 fully saturated rings. The van der Waals surface area contributed by atoms with Crippen molar-refractivity contribution in [1.82, 2.24) is 14.4 Å². The molecule has 0 unspecified atom stereocenters. The van der Waals surface area contributed by atoms with Crippen molar-refractivity contribution < 1.29 is 22.1 Å². The van der Waals surface area contributed by atoms with Gasteiger partial charge < -0.3 is 14.2 Å². The third-order valence-corrected chi connectivity index (χ3v) is 10.2. The third-order valence-electron chi connectivity index (χ3n) is 8.10. The maximum atomic E-state index is 13.3. The molecule has 2 saturated heterocycles. The van der Waals surface area contributed by atoms with Crippen LogP contribution in [0.5, 0.6) is 0 Å². The highest BCUT2D eigenvalue weighted by molar-refractivity contribution is 7.93. The van der Waals surface area contributed by atoms with Gasteiger partial charge in [-0.1, -0.05) is 17.3 Å². The van der Waals surface area contributed by atoms with Crippen molar-refractivity contribution in [3.63, 3.8) is 0 Å². The number of anilines is 1. The predicted octanol–water partition coefficient (Wildman–Crippen LogP) is 3.73. The average molecular weight is 501 g/mol. The summed E-state index contributed by atoms with van der Waals surface area (Å²) in [6.45, 7) is 2.62. The number of benzene rings is 1. The molecule has 0 radical (unpaired) electrons. The van der Waals surface area contributed by atoms with E-state index in [9.17, 15) is 12.8 Å². The molecule has 4 aliphatic rings. The van der Waals surface area contributed by atoms with E-state index in [1.807, 2.05) is 0 Å². The highest BCUT2D eigenvalue weighted by Crippen LogP contribution is 2.53. The van der Waals surface area contributed by atoms with Gasteiger partial charge in [-0.15, -0.1) is 0 Å². The van der Waals surface area contributed by atoms with Gasteiger partial charge in [-0.2, -0.15) is 9.29 Å². The molecular formula is C25H29FN4O4S. The molecule has 2 aliphatic carbocycles. The molecule has 10 heteroatoms. The van der Waals surface area contributed by atoms with Crippen LogP contribution in [-0.2, 0) is 20.2 Å². The zero-order chi connectivity index (χ0) is 24.3. The fourth-order valence-corrected chi connectivity index (χ4v) is 7.23. The minimum Gasteiger partial charge on any atom is -0.501 e. The molecule has 0 N–H and O–H groups in total. The number of hydrogen-bond donors (Lipinski definition) is 0. The van der Waals surface area contributed by atoms with Crippen molar-refractivity contribution >= 4 is 16.0 Å². The van der Waals surface area contributed by atoms with Gasteiger partial charge in [0.2, 0.25) is 10.0 Å². The summed E-state index contributed by atoms with van der Waals surface area (Å²) in [6, 6.07) is 7.06. The number of hydrogen-bond acceptors (Lipinski definition) is 7. The van der Waals surface area contributed by atoms with Crippen molar-refractivity contribution in [2.24, 2.45) is 5.41 Å². The van der Waals surface area contributed by atoms with Gasteiger partial charge in [-0.25, -0.2) is 12.8 Å². The van der Waals surface area contributed by atoms with E-state index in [1.54, 1.807) is 35.7 Å². The van der Waals surface area contributed by atoms with Crippen LogP contribution >= 0.6 is 0 Å². The minimum absolute atomic E-state index is 0.0823. The van der Waals surface area contributed by atoms with Crippen LogP contribution in [0.2, 0.25) is 0 Å². The molecule has 35 heavy (non-hydrogen) atoms. The standard InChI is InChI=1S/C25H29FN4O4S/c1-33-20-6-8-21(9-7-20)35(31,32)30-14-12-24(13-15-30)16-29(17-24)23-27-22(28-34-23)25(10-11-25)18-2-4-19(26)5-3-18/h2-6,8H,7,9-17H2,1H3. The van der Waals surface area contributed by atoms with E-state index in [4.69, 9.17) is 14.2 Å². The average Bonchev–Trinajstić information content (AvgIpc) is 3.52. The first-order valence-corrected chi connectivity index (χ1v) is 13.6. The van der Waals surface area contributed by atoms with E-state index in [2.05, 4.69) is 10.1 Å². The summed E-state index contributed by atoms with van der Waals surface area (Å²) in [7, 11) is -1.83. The number of methoxy groups -OCH3 is 1. The number of rotatable bonds is 6. The molecule has 3 heterocycles. The van der Waals surface area contributed by atoms with Crippen molar-refractivity contribution in [3.05, 3.63) is 64.3 Å². The minimum atomic E-state index is -3.44. The molecule has 1 saturated carbocycles. The SMILES string of the molecule is COC1=CC=C(S(=O)(=O)N2CCC3(CC2)CN(c2nc(C4(c5ccc(F)cc5)CC4)no2)C3)CC1. The maximum Gasteiger partial charge on any atom is 0.324 e. The van der Waals surface area contributed by atoms with Gasteiger partial charge in [-0.3, -0.25) is 0 Å². The van der Waals surface area contributed by atoms with Crippen LogP contribution in [0.1, 0.15) is 49.9 Å². The normalized spacial score (nSPS) is 23.4. The Hall–Kier alpha value is -2.72. The number of sulfonamides is 1. The van der Waals surface area contributed by atoms with E-state index in [0.717, 1.165) is 50.1 Å². The van der Waals surface area contributed by atoms with Gasteiger partial charge in [0.15, 0.2) is 5.82 Å². The largest absolute Gasteiger partial charge is 0.501 e. The number of halogens is 1. The predicted molar refractivity (Wildman–Crippen MR) is 127 cm³/mol. The molecule has 0 amide bonds. The van der Waals surface area contributed by atoms with Crippen LogP contribution in [0.15, 0.2) is 51.6 Å². The van der Waals surface area contributed by atoms with Gasteiger partial charge >= 0.3 is 6.01 Å². The number of nitrogens with zero attached hydrogens (tertiary/aromatic N) is 4. The Morgan fingerprint density at radius 2 is 1.74 bits per heavy atom. The first-order chi connectivity index (χ1) is 16.8. The monoisotopic (exact) mass is 500 g/mol. The zero-order valence-corrected chi connectivity index (χ0v) is 20.6. The topological polar surface area (TPSA) is 88.8 Å². The van der Waals surface area contributed by atoms with Crippen LogP contribution in [0.4, 0.5) is 10.4 Å². The third kappa shape index (κ3) is 3.87. The molecular weight excluding hydrogens is 471 g/mol. The first-order valence-electron chi connectivity index (χ1n) is 12.1. The van der Waals surface area contributed by atoms with Crippen LogP contribution in [0.25, 0.3) is 0 Å². The van der Waals surface area contributed by atoms with E-state index < -0.39 is 10.0 Å². The Kier molecular flexibility index (Phi) is 5.30. The summed E-state index contributed by atoms with van der Waals surface area (Å²) in [5.41, 5.74) is 0.825. The number of aromatic nitrogens is 2. The Bertz CT molecular complexity index is 1280. The molecule has 1 aromatic heterocycles. The number of piperidine rings is 1. The Morgan fingerprint density at radius 1 is 1.03 bits per heavy atom. The molecule has 2 aromatic rings. The fraction of sp³-hybridized carbons (Fsp3) is 0.520. The second-order valence-corrected chi connectivity index (χ2v) is 12.2. The van der Waals surface area contributed by atoms with Crippen molar-refractivity contribution in [2.45, 2.75) is 43.9 Å². The van der Waals surface area contributed by atoms with Crippen LogP contribution in [0.3, 0.4) is 0 Å². The van der Waals surface area contributed by atoms with Gasteiger partial charge in [0.25, 0.3) is 0 Å². The molecule has 1 spiro atoms. The Labute approximate surface area is 204 Å². The molecule has 0 atom stereocenters. The number of allylic oxidation sites excluding steroid dienone is 4. The highest BCUT2D eigenvalue weighted by atomic mass is 32.2. The zero-order valence-electron chi connectivity index (χ0n) is 19.7. The van der Waals surface area contributed by atoms with Gasteiger partial charge in [-0.05, 0) is 62.0 Å². The summed E-state index contributed by atoms with van der Waals surface area (Å²) in [5.74, 6) is 1.22. The molecule has 0 bridgehead atoms. The highest BCUT2D eigenvalue weighted by Gasteiger charge is 2.52. The smallest absolute Gasteiger partial charge is 0.324 e. The van der Waals surface area contributed by atoms with Crippen LogP contribution < -0.4 is 4.90 Å². The Balaban J connectivity index is 1.08. The Morgan fingerprint density at radius 3 is 2.34 bits per heavy atom. The molecule has 2 aliphatic heterocycles. The van der Waals surface area contributed by atoms with E-state index in [-0.39, 0.29) is 16.6 Å². The lowest BCUT2D eigenvalue weighted by atomic mass is 9.72. The lowest BCUT2D eigenvalue weighted by Crippen LogP contribution is -2.61. The summed E-state index contributed by atoms with van der Waals surface area (Å²) in [6.07, 6.45) is 8.01. The van der Waals surface area contributed by atoms with Gasteiger partial charge in [0, 0.05) is 38.0 Å². The van der Waals surface area contributed by atoms with Crippen LogP contribution in [-0.4, -0.2) is 56.2 Å². The lowest BCUT2D eigenvalue weighted by Gasteiger charge is -2.52. The van der Waals surface area contributed by atoms with Crippen LogP contribution in [0, 0.1) is 11.2 Å². The first kappa shape index (κ1) is 22.7. The van der Waals surface area contributed by atoms with Gasteiger partial charge in [0.1, 0.15) is 5.82 Å². The second-order valence-electron chi connectivity index (χ2n) is 10.2. The summed E-state index contributed by atoms with van der Waals surface area (Å²) in [4.78, 5) is 7.25. The summed E-state index contributed by atoms with van der Waals surface area (Å²) in [5, 5.41) is 4.26. The molecule has 186 valence electrons. The lowest BCUT2D eigenvalue weighted by molar-refractivity contribution is 0.109. The summed E-state index contributed by atoms with van der Waals surface area (Å²) >= 11 is 0. The van der Waals surface area contributed by atoms with Crippen molar-refractivity contribution in [3.8, 4) is 0 Å².